The van der Waals surface area contributed by atoms with Crippen LogP contribution in [-0.2, 0) is 22.9 Å². The summed E-state index contributed by atoms with van der Waals surface area (Å²) in [5.74, 6) is 1.90. The number of anilines is 1. The molecule has 1 N–H and O–H groups in total. The molecule has 0 atom stereocenters. The van der Waals surface area contributed by atoms with Gasteiger partial charge in [0.05, 0.1) is 4.90 Å². The van der Waals surface area contributed by atoms with Gasteiger partial charge in [0.15, 0.2) is 0 Å². The number of piperidine rings is 1. The summed E-state index contributed by atoms with van der Waals surface area (Å²) in [7, 11) is -3.58. The first-order chi connectivity index (χ1) is 15.0. The molecule has 0 saturated carbocycles. The van der Waals surface area contributed by atoms with Gasteiger partial charge in [0, 0.05) is 35.8 Å². The van der Waals surface area contributed by atoms with Crippen LogP contribution in [0.1, 0.15) is 42.8 Å². The van der Waals surface area contributed by atoms with Gasteiger partial charge in [-0.25, -0.2) is 23.1 Å². The van der Waals surface area contributed by atoms with Crippen molar-refractivity contribution >= 4 is 26.6 Å². The highest BCUT2D eigenvalue weighted by molar-refractivity contribution is 7.89. The van der Waals surface area contributed by atoms with Crippen molar-refractivity contribution in [2.75, 3.05) is 18.0 Å². The molecule has 31 heavy (non-hydrogen) atoms. The molecule has 0 spiro atoms. The Balaban J connectivity index is 1.32. The van der Waals surface area contributed by atoms with E-state index in [0.717, 1.165) is 61.2 Å². The highest BCUT2D eigenvalue weighted by Crippen LogP contribution is 2.30. The first-order valence-corrected chi connectivity index (χ1v) is 12.6. The number of aromatic nitrogens is 2. The number of hydrogen-bond acceptors (Lipinski definition) is 5. The van der Waals surface area contributed by atoms with Gasteiger partial charge < -0.3 is 4.90 Å². The Morgan fingerprint density at radius 1 is 0.968 bits per heavy atom. The molecule has 162 valence electrons. The number of benzene rings is 2. The zero-order chi connectivity index (χ0) is 21.4. The molecule has 2 aliphatic rings. The molecule has 1 aromatic heterocycles. The molecule has 0 unspecified atom stereocenters. The van der Waals surface area contributed by atoms with Crippen molar-refractivity contribution in [3.05, 3.63) is 59.5 Å². The summed E-state index contributed by atoms with van der Waals surface area (Å²) < 4.78 is 29.3. The van der Waals surface area contributed by atoms with E-state index in [-0.39, 0.29) is 6.04 Å². The molecule has 2 aromatic carbocycles. The minimum absolute atomic E-state index is 0.0704. The normalized spacial score (nSPS) is 17.6. The van der Waals surface area contributed by atoms with Gasteiger partial charge in [0.1, 0.15) is 11.6 Å². The van der Waals surface area contributed by atoms with Crippen LogP contribution in [0.25, 0.3) is 10.8 Å². The zero-order valence-corrected chi connectivity index (χ0v) is 18.7. The average molecular weight is 437 g/mol. The maximum Gasteiger partial charge on any atom is 0.241 e. The molecule has 2 heterocycles. The fourth-order valence-corrected chi connectivity index (χ4v) is 6.41. The second-order valence-corrected chi connectivity index (χ2v) is 10.3. The maximum absolute atomic E-state index is 13.2. The van der Waals surface area contributed by atoms with Gasteiger partial charge in [-0.1, -0.05) is 36.4 Å². The largest absolute Gasteiger partial charge is 0.356 e. The van der Waals surface area contributed by atoms with Crippen molar-refractivity contribution in [3.63, 3.8) is 0 Å². The van der Waals surface area contributed by atoms with E-state index in [1.807, 2.05) is 37.3 Å². The van der Waals surface area contributed by atoms with E-state index in [2.05, 4.69) is 14.6 Å². The van der Waals surface area contributed by atoms with Crippen LogP contribution in [0.3, 0.4) is 0 Å². The monoisotopic (exact) mass is 436 g/mol. The van der Waals surface area contributed by atoms with Crippen LogP contribution in [0.5, 0.6) is 0 Å². The number of nitrogens with one attached hydrogen (secondary N) is 1. The summed E-state index contributed by atoms with van der Waals surface area (Å²) in [5.41, 5.74) is 2.50. The fourth-order valence-electron chi connectivity index (χ4n) is 4.88. The molecule has 3 aromatic rings. The lowest BCUT2D eigenvalue weighted by Crippen LogP contribution is -2.45. The Morgan fingerprint density at radius 2 is 1.71 bits per heavy atom. The summed E-state index contributed by atoms with van der Waals surface area (Å²) in [4.78, 5) is 12.1. The summed E-state index contributed by atoms with van der Waals surface area (Å²) in [6, 6.07) is 13.0. The van der Waals surface area contributed by atoms with E-state index < -0.39 is 10.0 Å². The molecule has 0 bridgehead atoms. The molecule has 7 heteroatoms. The van der Waals surface area contributed by atoms with Crippen LogP contribution in [0, 0.1) is 6.92 Å². The maximum atomic E-state index is 13.2. The Bertz CT molecular complexity index is 1210. The van der Waals surface area contributed by atoms with Crippen molar-refractivity contribution in [2.24, 2.45) is 0 Å². The van der Waals surface area contributed by atoms with Crippen molar-refractivity contribution in [3.8, 4) is 0 Å². The van der Waals surface area contributed by atoms with Crippen LogP contribution < -0.4 is 9.62 Å². The SMILES string of the molecule is Cc1nc2c(c(N3CCC(NS(=O)(=O)c4cccc5ccccc45)CC3)n1)CCCC2. The fraction of sp³-hybridized carbons (Fsp3) is 0.417. The lowest BCUT2D eigenvalue weighted by atomic mass is 9.95. The topological polar surface area (TPSA) is 75.2 Å². The Hall–Kier alpha value is -2.51. The van der Waals surface area contributed by atoms with E-state index in [0.29, 0.717) is 4.90 Å². The number of hydrogen-bond donors (Lipinski definition) is 1. The third kappa shape index (κ3) is 4.04. The molecule has 0 radical (unpaired) electrons. The summed E-state index contributed by atoms with van der Waals surface area (Å²) in [6.45, 7) is 3.56. The van der Waals surface area contributed by atoms with Crippen molar-refractivity contribution in [1.82, 2.24) is 14.7 Å². The van der Waals surface area contributed by atoms with Crippen molar-refractivity contribution in [1.29, 1.82) is 0 Å². The summed E-state index contributed by atoms with van der Waals surface area (Å²) in [5, 5.41) is 1.70. The van der Waals surface area contributed by atoms with Crippen molar-refractivity contribution in [2.45, 2.75) is 56.4 Å². The first kappa shape index (κ1) is 20.4. The van der Waals surface area contributed by atoms with Crippen molar-refractivity contribution < 1.29 is 8.42 Å². The molecule has 1 fully saturated rings. The third-order valence-electron chi connectivity index (χ3n) is 6.43. The standard InChI is InChI=1S/C24H28N4O2S/c1-17-25-22-11-5-4-10-21(22)24(26-17)28-15-13-19(14-16-28)27-31(29,30)23-12-6-8-18-7-2-3-9-20(18)23/h2-3,6-9,12,19,27H,4-5,10-11,13-16H2,1H3. The van der Waals surface area contributed by atoms with Gasteiger partial charge in [0.2, 0.25) is 10.0 Å². The highest BCUT2D eigenvalue weighted by Gasteiger charge is 2.28. The molecule has 1 aliphatic heterocycles. The third-order valence-corrected chi connectivity index (χ3v) is 8.01. The number of aryl methyl sites for hydroxylation is 2. The summed E-state index contributed by atoms with van der Waals surface area (Å²) >= 11 is 0. The van der Waals surface area contributed by atoms with E-state index in [1.54, 1.807) is 12.1 Å². The Kier molecular flexibility index (Phi) is 5.40. The predicted molar refractivity (Wildman–Crippen MR) is 123 cm³/mol. The minimum Gasteiger partial charge on any atom is -0.356 e. The smallest absolute Gasteiger partial charge is 0.241 e. The lowest BCUT2D eigenvalue weighted by Gasteiger charge is -2.35. The van der Waals surface area contributed by atoms with Crippen LogP contribution in [0.2, 0.25) is 0 Å². The van der Waals surface area contributed by atoms with Crippen LogP contribution in [0.4, 0.5) is 5.82 Å². The van der Waals surface area contributed by atoms with E-state index >= 15 is 0 Å². The number of nitrogens with zero attached hydrogens (tertiary/aromatic N) is 3. The van der Waals surface area contributed by atoms with Crippen LogP contribution >= 0.6 is 0 Å². The predicted octanol–water partition coefficient (Wildman–Crippen LogP) is 3.76. The molecular formula is C24H28N4O2S. The van der Waals surface area contributed by atoms with Gasteiger partial charge in [-0.2, -0.15) is 0 Å². The second kappa shape index (κ2) is 8.20. The Morgan fingerprint density at radius 3 is 2.55 bits per heavy atom. The molecule has 1 aliphatic carbocycles. The van der Waals surface area contributed by atoms with Crippen LogP contribution in [-0.4, -0.2) is 37.5 Å². The zero-order valence-electron chi connectivity index (χ0n) is 17.8. The average Bonchev–Trinajstić information content (AvgIpc) is 2.78. The summed E-state index contributed by atoms with van der Waals surface area (Å²) in [6.07, 6.45) is 5.99. The van der Waals surface area contributed by atoms with Gasteiger partial charge in [-0.15, -0.1) is 0 Å². The van der Waals surface area contributed by atoms with Gasteiger partial charge in [-0.05, 0) is 56.9 Å². The molecular weight excluding hydrogens is 408 g/mol. The quantitative estimate of drug-likeness (QED) is 0.674. The van der Waals surface area contributed by atoms with Crippen LogP contribution in [0.15, 0.2) is 47.4 Å². The van der Waals surface area contributed by atoms with E-state index in [4.69, 9.17) is 4.98 Å². The lowest BCUT2D eigenvalue weighted by molar-refractivity contribution is 0.457. The minimum atomic E-state index is -3.58. The highest BCUT2D eigenvalue weighted by atomic mass is 32.2. The van der Waals surface area contributed by atoms with E-state index in [1.165, 1.54) is 24.1 Å². The number of fused-ring (bicyclic) bond motifs is 2. The molecule has 0 amide bonds. The first-order valence-electron chi connectivity index (χ1n) is 11.1. The Labute approximate surface area is 183 Å². The second-order valence-electron chi connectivity index (χ2n) is 8.59. The molecule has 1 saturated heterocycles. The van der Waals surface area contributed by atoms with Gasteiger partial charge in [-0.3, -0.25) is 0 Å². The van der Waals surface area contributed by atoms with E-state index in [9.17, 15) is 8.42 Å². The number of rotatable bonds is 4. The van der Waals surface area contributed by atoms with Gasteiger partial charge >= 0.3 is 0 Å². The van der Waals surface area contributed by atoms with Gasteiger partial charge in [0.25, 0.3) is 0 Å². The molecule has 6 nitrogen and oxygen atoms in total. The number of sulfonamides is 1. The molecule has 5 rings (SSSR count).